The summed E-state index contributed by atoms with van der Waals surface area (Å²) in [5, 5.41) is 10.6. The Labute approximate surface area is 549 Å². The molecule has 3 unspecified atom stereocenters. The zero-order valence-electron chi connectivity index (χ0n) is 58.6. The molecule has 0 aliphatic carbocycles. The summed E-state index contributed by atoms with van der Waals surface area (Å²) >= 11 is 0. The van der Waals surface area contributed by atoms with E-state index >= 15 is 0 Å². The summed E-state index contributed by atoms with van der Waals surface area (Å²) in [5.74, 6) is 0.151. The molecule has 17 nitrogen and oxygen atoms in total. The second-order valence-electron chi connectivity index (χ2n) is 26.8. The third-order valence-corrected chi connectivity index (χ3v) is 18.6. The highest BCUT2D eigenvalue weighted by atomic mass is 31.2. The molecular formula is C71H138O17P2. The molecule has 0 aromatic carbocycles. The molecule has 19 heteroatoms. The monoisotopic (exact) mass is 1320 g/mol. The van der Waals surface area contributed by atoms with Gasteiger partial charge in [0, 0.05) is 25.7 Å². The lowest BCUT2D eigenvalue weighted by Crippen LogP contribution is -2.30. The number of phosphoric ester groups is 2. The maximum absolute atomic E-state index is 13.0. The fraction of sp³-hybridized carbons (Fsp3) is 0.944. The Morgan fingerprint density at radius 2 is 0.567 bits per heavy atom. The summed E-state index contributed by atoms with van der Waals surface area (Å²) in [6.45, 7) is 11.8. The van der Waals surface area contributed by atoms with Crippen LogP contribution in [0.1, 0.15) is 357 Å². The number of rotatable bonds is 69. The second-order valence-corrected chi connectivity index (χ2v) is 29.7. The van der Waals surface area contributed by atoms with E-state index in [2.05, 4.69) is 48.5 Å². The minimum atomic E-state index is -4.95. The molecule has 0 amide bonds. The average Bonchev–Trinajstić information content (AvgIpc) is 2.86. The van der Waals surface area contributed by atoms with Crippen LogP contribution in [0.15, 0.2) is 0 Å². The van der Waals surface area contributed by atoms with Crippen LogP contribution in [0.3, 0.4) is 0 Å². The molecule has 0 spiro atoms. The fourth-order valence-electron chi connectivity index (χ4n) is 10.7. The first kappa shape index (κ1) is 88.1. The van der Waals surface area contributed by atoms with Crippen LogP contribution in [0, 0.1) is 17.8 Å². The SMILES string of the molecule is CCCCCCCCCCCCC(=O)OC[C@H](COP(=O)(O)OC[C@H](O)COP(=O)(O)OC[C@@H](COC(=O)CCCCCCCCCCCCCC(C)C)OC(=O)CCCCCCCCCCCCCCCC(C)C)OC(=O)CCCCCCCCC(C)CC. The zero-order chi connectivity index (χ0) is 66.6. The first-order valence-corrected chi connectivity index (χ1v) is 39.9. The molecular weight excluding hydrogens is 1190 g/mol. The summed E-state index contributed by atoms with van der Waals surface area (Å²) < 4.78 is 68.3. The minimum Gasteiger partial charge on any atom is -0.462 e. The number of aliphatic hydroxyl groups is 1. The minimum absolute atomic E-state index is 0.103. The van der Waals surface area contributed by atoms with Crippen molar-refractivity contribution in [3.05, 3.63) is 0 Å². The van der Waals surface area contributed by atoms with Gasteiger partial charge in [0.15, 0.2) is 12.2 Å². The largest absolute Gasteiger partial charge is 0.472 e. The predicted octanol–water partition coefficient (Wildman–Crippen LogP) is 20.2. The quantitative estimate of drug-likeness (QED) is 0.0222. The number of aliphatic hydroxyl groups excluding tert-OH is 1. The first-order chi connectivity index (χ1) is 43.3. The van der Waals surface area contributed by atoms with Crippen LogP contribution in [0.5, 0.6) is 0 Å². The van der Waals surface area contributed by atoms with Gasteiger partial charge in [0.25, 0.3) is 0 Å². The van der Waals surface area contributed by atoms with Crippen molar-refractivity contribution in [1.29, 1.82) is 0 Å². The first-order valence-electron chi connectivity index (χ1n) is 36.9. The van der Waals surface area contributed by atoms with Gasteiger partial charge in [-0.25, -0.2) is 9.13 Å². The number of carbonyl (C=O) groups excluding carboxylic acids is 4. The van der Waals surface area contributed by atoms with Gasteiger partial charge in [0.1, 0.15) is 19.3 Å². The lowest BCUT2D eigenvalue weighted by Gasteiger charge is -2.21. The van der Waals surface area contributed by atoms with E-state index in [-0.39, 0.29) is 25.7 Å². The van der Waals surface area contributed by atoms with Gasteiger partial charge in [0.05, 0.1) is 26.4 Å². The summed E-state index contributed by atoms with van der Waals surface area (Å²) in [6.07, 6.45) is 45.8. The Kier molecular flexibility index (Phi) is 60.6. The molecule has 90 heavy (non-hydrogen) atoms. The summed E-state index contributed by atoms with van der Waals surface area (Å²) in [4.78, 5) is 72.6. The van der Waals surface area contributed by atoms with E-state index in [1.165, 1.54) is 167 Å². The summed E-state index contributed by atoms with van der Waals surface area (Å²) in [6, 6.07) is 0. The number of esters is 4. The molecule has 0 aliphatic rings. The molecule has 0 rings (SSSR count). The van der Waals surface area contributed by atoms with Crippen molar-refractivity contribution < 1.29 is 80.2 Å². The van der Waals surface area contributed by atoms with E-state index < -0.39 is 97.5 Å². The van der Waals surface area contributed by atoms with Crippen molar-refractivity contribution in [2.45, 2.75) is 375 Å². The number of hydrogen-bond donors (Lipinski definition) is 3. The van der Waals surface area contributed by atoms with Crippen molar-refractivity contribution >= 4 is 39.5 Å². The van der Waals surface area contributed by atoms with Gasteiger partial charge in [-0.1, -0.05) is 305 Å². The van der Waals surface area contributed by atoms with E-state index in [0.29, 0.717) is 25.7 Å². The van der Waals surface area contributed by atoms with Crippen LogP contribution in [0.2, 0.25) is 0 Å². The lowest BCUT2D eigenvalue weighted by atomic mass is 10.00. The van der Waals surface area contributed by atoms with Gasteiger partial charge in [-0.3, -0.25) is 37.3 Å². The Hall–Kier alpha value is -1.94. The maximum Gasteiger partial charge on any atom is 0.472 e. The van der Waals surface area contributed by atoms with E-state index in [9.17, 15) is 43.2 Å². The van der Waals surface area contributed by atoms with Gasteiger partial charge in [-0.15, -0.1) is 0 Å². The van der Waals surface area contributed by atoms with E-state index in [1.807, 2.05) is 0 Å². The Bertz CT molecular complexity index is 1770. The van der Waals surface area contributed by atoms with Crippen molar-refractivity contribution in [3.63, 3.8) is 0 Å². The molecule has 0 fully saturated rings. The molecule has 0 aromatic rings. The lowest BCUT2D eigenvalue weighted by molar-refractivity contribution is -0.161. The standard InChI is InChI=1S/C71H138O17P2/c1-8-10-11-12-13-14-25-30-38-45-52-68(73)82-59-67(88-71(76)55-48-41-34-33-37-44-51-64(7)9-2)61-86-90(79,80)84-57-65(72)56-83-89(77,78)85-60-66(58-81-69(74)53-46-39-31-26-22-18-20-24-29-36-43-50-63(5)6)87-70(75)54-47-40-32-27-21-17-15-16-19-23-28-35-42-49-62(3)4/h62-67,72H,8-61H2,1-7H3,(H,77,78)(H,79,80)/t64?,65-,66-,67-/m1/s1. The van der Waals surface area contributed by atoms with Crippen LogP contribution in [-0.4, -0.2) is 96.7 Å². The van der Waals surface area contributed by atoms with Crippen molar-refractivity contribution in [1.82, 2.24) is 0 Å². The molecule has 0 saturated carbocycles. The van der Waals surface area contributed by atoms with Crippen LogP contribution in [-0.2, 0) is 65.4 Å². The molecule has 534 valence electrons. The molecule has 0 aromatic heterocycles. The van der Waals surface area contributed by atoms with Gasteiger partial charge < -0.3 is 33.8 Å². The van der Waals surface area contributed by atoms with E-state index in [1.54, 1.807) is 0 Å². The topological polar surface area (TPSA) is 237 Å². The second kappa shape index (κ2) is 61.9. The molecule has 0 aliphatic heterocycles. The van der Waals surface area contributed by atoms with E-state index in [0.717, 1.165) is 108 Å². The molecule has 3 N–H and O–H groups in total. The average molecular weight is 1330 g/mol. The smallest absolute Gasteiger partial charge is 0.462 e. The van der Waals surface area contributed by atoms with Gasteiger partial charge in [0.2, 0.25) is 0 Å². The number of phosphoric acid groups is 2. The predicted molar refractivity (Wildman–Crippen MR) is 363 cm³/mol. The zero-order valence-corrected chi connectivity index (χ0v) is 60.4. The highest BCUT2D eigenvalue weighted by Gasteiger charge is 2.30. The van der Waals surface area contributed by atoms with Gasteiger partial charge >= 0.3 is 39.5 Å². The van der Waals surface area contributed by atoms with Gasteiger partial charge in [-0.2, -0.15) is 0 Å². The Morgan fingerprint density at radius 1 is 0.322 bits per heavy atom. The molecule has 0 radical (unpaired) electrons. The highest BCUT2D eigenvalue weighted by molar-refractivity contribution is 7.47. The number of hydrogen-bond acceptors (Lipinski definition) is 15. The third kappa shape index (κ3) is 63.5. The van der Waals surface area contributed by atoms with Crippen LogP contribution in [0.4, 0.5) is 0 Å². The molecule has 0 saturated heterocycles. The number of unbranched alkanes of at least 4 members (excludes halogenated alkanes) is 36. The van der Waals surface area contributed by atoms with Crippen molar-refractivity contribution in [2.24, 2.45) is 17.8 Å². The van der Waals surface area contributed by atoms with Crippen LogP contribution >= 0.6 is 15.6 Å². The summed E-state index contributed by atoms with van der Waals surface area (Å²) in [5.41, 5.74) is 0. The maximum atomic E-state index is 13.0. The number of ether oxygens (including phenoxy) is 4. The van der Waals surface area contributed by atoms with Crippen molar-refractivity contribution in [3.8, 4) is 0 Å². The summed E-state index contributed by atoms with van der Waals surface area (Å²) in [7, 11) is -9.90. The normalized spacial score (nSPS) is 14.5. The molecule has 0 heterocycles. The highest BCUT2D eigenvalue weighted by Crippen LogP contribution is 2.45. The Morgan fingerprint density at radius 3 is 0.844 bits per heavy atom. The third-order valence-electron chi connectivity index (χ3n) is 16.7. The van der Waals surface area contributed by atoms with E-state index in [4.69, 9.17) is 37.0 Å². The van der Waals surface area contributed by atoms with Crippen LogP contribution in [0.25, 0.3) is 0 Å². The Balaban J connectivity index is 5.24. The molecule has 0 bridgehead atoms. The number of carbonyl (C=O) groups is 4. The van der Waals surface area contributed by atoms with Crippen molar-refractivity contribution in [2.75, 3.05) is 39.6 Å². The van der Waals surface area contributed by atoms with Gasteiger partial charge in [-0.05, 0) is 43.4 Å². The van der Waals surface area contributed by atoms with Crippen LogP contribution < -0.4 is 0 Å². The molecule has 6 atom stereocenters. The fourth-order valence-corrected chi connectivity index (χ4v) is 12.3.